The quantitative estimate of drug-likeness (QED) is 0.915. The molecule has 0 fully saturated rings. The monoisotopic (exact) mass is 287 g/mol. The first-order valence-electron chi connectivity index (χ1n) is 6.84. The fraction of sp³-hybridized carbons (Fsp3) is 0.375. The molecule has 1 aromatic carbocycles. The summed E-state index contributed by atoms with van der Waals surface area (Å²) in [6.07, 6.45) is 3.33. The SMILES string of the molecule is COc1cccc(Oc2cncc(CNC(C)(C)C)n2)c1. The smallest absolute Gasteiger partial charge is 0.238 e. The van der Waals surface area contributed by atoms with Gasteiger partial charge in [0.1, 0.15) is 11.5 Å². The molecular formula is C16H21N3O2. The van der Waals surface area contributed by atoms with Crippen molar-refractivity contribution in [2.45, 2.75) is 32.9 Å². The molecule has 5 nitrogen and oxygen atoms in total. The Balaban J connectivity index is 2.06. The average Bonchev–Trinajstić information content (AvgIpc) is 2.45. The second-order valence-electron chi connectivity index (χ2n) is 5.73. The first kappa shape index (κ1) is 15.3. The van der Waals surface area contributed by atoms with Crippen molar-refractivity contribution in [3.8, 4) is 17.4 Å². The van der Waals surface area contributed by atoms with Gasteiger partial charge in [0.15, 0.2) is 0 Å². The molecule has 0 aliphatic heterocycles. The number of hydrogen-bond donors (Lipinski definition) is 1. The highest BCUT2D eigenvalue weighted by molar-refractivity contribution is 5.34. The van der Waals surface area contributed by atoms with Crippen LogP contribution in [0.3, 0.4) is 0 Å². The summed E-state index contributed by atoms with van der Waals surface area (Å²) in [5.41, 5.74) is 0.871. The second kappa shape index (κ2) is 6.54. The van der Waals surface area contributed by atoms with E-state index in [2.05, 4.69) is 36.1 Å². The molecule has 21 heavy (non-hydrogen) atoms. The van der Waals surface area contributed by atoms with E-state index in [-0.39, 0.29) is 5.54 Å². The molecule has 5 heteroatoms. The van der Waals surface area contributed by atoms with Crippen LogP contribution in [0.5, 0.6) is 17.4 Å². The Morgan fingerprint density at radius 3 is 2.62 bits per heavy atom. The van der Waals surface area contributed by atoms with Crippen LogP contribution in [-0.2, 0) is 6.54 Å². The van der Waals surface area contributed by atoms with Crippen LogP contribution in [0, 0.1) is 0 Å². The Morgan fingerprint density at radius 2 is 1.90 bits per heavy atom. The Hall–Kier alpha value is -2.14. The van der Waals surface area contributed by atoms with E-state index < -0.39 is 0 Å². The predicted octanol–water partition coefficient (Wildman–Crippen LogP) is 3.17. The van der Waals surface area contributed by atoms with Gasteiger partial charge in [-0.3, -0.25) is 4.98 Å². The highest BCUT2D eigenvalue weighted by Gasteiger charge is 2.10. The molecule has 2 rings (SSSR count). The van der Waals surface area contributed by atoms with E-state index in [0.29, 0.717) is 18.2 Å². The maximum atomic E-state index is 5.71. The third-order valence-corrected chi connectivity index (χ3v) is 2.73. The van der Waals surface area contributed by atoms with Crippen molar-refractivity contribution in [3.05, 3.63) is 42.4 Å². The van der Waals surface area contributed by atoms with Gasteiger partial charge in [-0.25, -0.2) is 4.98 Å². The number of ether oxygens (including phenoxy) is 2. The Labute approximate surface area is 125 Å². The van der Waals surface area contributed by atoms with Crippen molar-refractivity contribution in [1.29, 1.82) is 0 Å². The van der Waals surface area contributed by atoms with Gasteiger partial charge >= 0.3 is 0 Å². The summed E-state index contributed by atoms with van der Waals surface area (Å²) in [5.74, 6) is 1.88. The molecule has 0 aliphatic carbocycles. The van der Waals surface area contributed by atoms with Crippen LogP contribution in [0.15, 0.2) is 36.7 Å². The fourth-order valence-corrected chi connectivity index (χ4v) is 1.66. The molecule has 0 atom stereocenters. The number of benzene rings is 1. The van der Waals surface area contributed by atoms with Crippen molar-refractivity contribution in [1.82, 2.24) is 15.3 Å². The summed E-state index contributed by atoms with van der Waals surface area (Å²) >= 11 is 0. The van der Waals surface area contributed by atoms with Crippen molar-refractivity contribution >= 4 is 0 Å². The van der Waals surface area contributed by atoms with Crippen molar-refractivity contribution in [2.75, 3.05) is 7.11 Å². The molecule has 0 saturated heterocycles. The molecule has 0 amide bonds. The van der Waals surface area contributed by atoms with E-state index >= 15 is 0 Å². The average molecular weight is 287 g/mol. The van der Waals surface area contributed by atoms with Gasteiger partial charge in [0.25, 0.3) is 0 Å². The first-order valence-corrected chi connectivity index (χ1v) is 6.84. The lowest BCUT2D eigenvalue weighted by Gasteiger charge is -2.20. The molecule has 0 aliphatic rings. The van der Waals surface area contributed by atoms with Gasteiger partial charge in [-0.2, -0.15) is 0 Å². The summed E-state index contributed by atoms with van der Waals surface area (Å²) in [6, 6.07) is 7.39. The highest BCUT2D eigenvalue weighted by atomic mass is 16.5. The van der Waals surface area contributed by atoms with E-state index in [1.54, 1.807) is 19.5 Å². The van der Waals surface area contributed by atoms with Crippen LogP contribution >= 0.6 is 0 Å². The number of aromatic nitrogens is 2. The molecule has 1 N–H and O–H groups in total. The van der Waals surface area contributed by atoms with Gasteiger partial charge in [0.2, 0.25) is 5.88 Å². The zero-order valence-corrected chi connectivity index (χ0v) is 12.9. The standard InChI is InChI=1S/C16H21N3O2/c1-16(2,3)18-10-12-9-17-11-15(19-12)21-14-7-5-6-13(8-14)20-4/h5-9,11,18H,10H2,1-4H3. The Kier molecular flexibility index (Phi) is 4.75. The predicted molar refractivity (Wildman–Crippen MR) is 81.7 cm³/mol. The van der Waals surface area contributed by atoms with E-state index in [9.17, 15) is 0 Å². The second-order valence-corrected chi connectivity index (χ2v) is 5.73. The number of rotatable bonds is 5. The molecule has 1 heterocycles. The first-order chi connectivity index (χ1) is 9.96. The minimum atomic E-state index is 0.0331. The van der Waals surface area contributed by atoms with Crippen LogP contribution in [0.1, 0.15) is 26.5 Å². The maximum absolute atomic E-state index is 5.71. The van der Waals surface area contributed by atoms with Gasteiger partial charge in [-0.05, 0) is 32.9 Å². The lowest BCUT2D eigenvalue weighted by molar-refractivity contribution is 0.404. The molecule has 2 aromatic rings. The van der Waals surface area contributed by atoms with Crippen LogP contribution in [0.25, 0.3) is 0 Å². The van der Waals surface area contributed by atoms with E-state index in [1.165, 1.54) is 0 Å². The minimum absolute atomic E-state index is 0.0331. The lowest BCUT2D eigenvalue weighted by Crippen LogP contribution is -2.35. The van der Waals surface area contributed by atoms with Gasteiger partial charge in [-0.15, -0.1) is 0 Å². The molecule has 0 radical (unpaired) electrons. The molecule has 1 aromatic heterocycles. The van der Waals surface area contributed by atoms with E-state index in [1.807, 2.05) is 24.3 Å². The Bertz CT molecular complexity index is 594. The molecule has 0 bridgehead atoms. The van der Waals surface area contributed by atoms with E-state index in [0.717, 1.165) is 11.4 Å². The normalized spacial score (nSPS) is 11.2. The zero-order chi connectivity index (χ0) is 15.3. The summed E-state index contributed by atoms with van der Waals surface area (Å²) in [4.78, 5) is 8.60. The zero-order valence-electron chi connectivity index (χ0n) is 12.9. The molecule has 0 spiro atoms. The van der Waals surface area contributed by atoms with Gasteiger partial charge in [-0.1, -0.05) is 6.07 Å². The third kappa shape index (κ3) is 5.04. The maximum Gasteiger partial charge on any atom is 0.238 e. The minimum Gasteiger partial charge on any atom is -0.497 e. The van der Waals surface area contributed by atoms with Crippen LogP contribution in [0.2, 0.25) is 0 Å². The highest BCUT2D eigenvalue weighted by Crippen LogP contribution is 2.23. The number of hydrogen-bond acceptors (Lipinski definition) is 5. The number of methoxy groups -OCH3 is 1. The summed E-state index contributed by atoms with van der Waals surface area (Å²) in [5, 5.41) is 3.37. The van der Waals surface area contributed by atoms with Crippen LogP contribution < -0.4 is 14.8 Å². The largest absolute Gasteiger partial charge is 0.497 e. The number of nitrogens with zero attached hydrogens (tertiary/aromatic N) is 2. The van der Waals surface area contributed by atoms with E-state index in [4.69, 9.17) is 9.47 Å². The number of nitrogens with one attached hydrogen (secondary N) is 1. The molecule has 0 saturated carbocycles. The molecular weight excluding hydrogens is 266 g/mol. The van der Waals surface area contributed by atoms with Crippen molar-refractivity contribution < 1.29 is 9.47 Å². The molecule has 112 valence electrons. The lowest BCUT2D eigenvalue weighted by atomic mass is 10.1. The third-order valence-electron chi connectivity index (χ3n) is 2.73. The van der Waals surface area contributed by atoms with Crippen molar-refractivity contribution in [3.63, 3.8) is 0 Å². The Morgan fingerprint density at radius 1 is 1.14 bits per heavy atom. The summed E-state index contributed by atoms with van der Waals surface area (Å²) < 4.78 is 10.9. The van der Waals surface area contributed by atoms with Gasteiger partial charge < -0.3 is 14.8 Å². The fourth-order valence-electron chi connectivity index (χ4n) is 1.66. The van der Waals surface area contributed by atoms with Gasteiger partial charge in [0, 0.05) is 24.3 Å². The molecule has 0 unspecified atom stereocenters. The van der Waals surface area contributed by atoms with Crippen molar-refractivity contribution in [2.24, 2.45) is 0 Å². The topological polar surface area (TPSA) is 56.3 Å². The summed E-state index contributed by atoms with van der Waals surface area (Å²) in [6.45, 7) is 6.97. The van der Waals surface area contributed by atoms with Crippen LogP contribution in [0.4, 0.5) is 0 Å². The van der Waals surface area contributed by atoms with Gasteiger partial charge in [0.05, 0.1) is 19.0 Å². The summed E-state index contributed by atoms with van der Waals surface area (Å²) in [7, 11) is 1.62. The van der Waals surface area contributed by atoms with Crippen LogP contribution in [-0.4, -0.2) is 22.6 Å².